The van der Waals surface area contributed by atoms with Gasteiger partial charge in [0.05, 0.1) is 13.5 Å². The third kappa shape index (κ3) is 5.48. The Kier molecular flexibility index (Phi) is 6.86. The molecular weight excluding hydrogens is 443 g/mol. The molecule has 0 aromatic heterocycles. The van der Waals surface area contributed by atoms with Crippen LogP contribution in [0, 0.1) is 15.2 Å². The van der Waals surface area contributed by atoms with Crippen LogP contribution in [0.1, 0.15) is 11.1 Å². The summed E-state index contributed by atoms with van der Waals surface area (Å²) in [4.78, 5) is 24.1. The molecule has 0 radical (unpaired) electrons. The van der Waals surface area contributed by atoms with Gasteiger partial charge in [0.25, 0.3) is 0 Å². The summed E-state index contributed by atoms with van der Waals surface area (Å²) in [5.41, 5.74) is 0.498. The number of carbonyl (C=O) groups is 2. The third-order valence-electron chi connectivity index (χ3n) is 3.55. The minimum absolute atomic E-state index is 0.217. The van der Waals surface area contributed by atoms with Gasteiger partial charge in [-0.1, -0.05) is 18.2 Å². The van der Waals surface area contributed by atoms with Crippen LogP contribution in [-0.2, 0) is 27.2 Å². The molecule has 1 amide bonds. The van der Waals surface area contributed by atoms with E-state index in [4.69, 9.17) is 4.74 Å². The molecule has 1 N–H and O–H groups in total. The Bertz CT molecular complexity index is 762. The average molecular weight is 459 g/mol. The highest BCUT2D eigenvalue weighted by molar-refractivity contribution is 14.1. The Labute approximate surface area is 157 Å². The number of hydrogen-bond donors (Lipinski definition) is 1. The number of carbonyl (C=O) groups excluding carboxylic acids is 2. The molecule has 0 unspecified atom stereocenters. The van der Waals surface area contributed by atoms with E-state index in [2.05, 4.69) is 27.9 Å². The number of hydrogen-bond acceptors (Lipinski definition) is 3. The number of ether oxygens (including phenoxy) is 1. The minimum atomic E-state index is -0.939. The van der Waals surface area contributed by atoms with Gasteiger partial charge in [-0.3, -0.25) is 4.79 Å². The van der Waals surface area contributed by atoms with Crippen LogP contribution in [0.5, 0.6) is 0 Å². The number of halogens is 3. The van der Waals surface area contributed by atoms with Crippen molar-refractivity contribution < 1.29 is 23.1 Å². The smallest absolute Gasteiger partial charge is 0.328 e. The maximum Gasteiger partial charge on any atom is 0.328 e. The van der Waals surface area contributed by atoms with E-state index >= 15 is 0 Å². The minimum Gasteiger partial charge on any atom is -0.467 e. The molecule has 0 aliphatic heterocycles. The molecule has 2 aromatic carbocycles. The highest BCUT2D eigenvalue weighted by Crippen LogP contribution is 2.14. The second-order valence-electron chi connectivity index (χ2n) is 5.35. The SMILES string of the molecule is COC(=O)[C@@H](Cc1cccc(I)c1)NC(=O)Cc1c(F)cccc1F. The molecule has 0 aliphatic rings. The van der Waals surface area contributed by atoms with Crippen LogP contribution in [0.4, 0.5) is 8.78 Å². The predicted molar refractivity (Wildman–Crippen MR) is 96.9 cm³/mol. The van der Waals surface area contributed by atoms with E-state index in [1.165, 1.54) is 13.2 Å². The van der Waals surface area contributed by atoms with Crippen molar-refractivity contribution in [1.82, 2.24) is 5.32 Å². The first-order valence-corrected chi connectivity index (χ1v) is 8.53. The zero-order valence-electron chi connectivity index (χ0n) is 13.4. The van der Waals surface area contributed by atoms with Gasteiger partial charge in [0.1, 0.15) is 17.7 Å². The quantitative estimate of drug-likeness (QED) is 0.534. The summed E-state index contributed by atoms with van der Waals surface area (Å²) < 4.78 is 33.0. The average Bonchev–Trinajstić information content (AvgIpc) is 2.57. The summed E-state index contributed by atoms with van der Waals surface area (Å²) in [6.45, 7) is 0. The fourth-order valence-corrected chi connectivity index (χ4v) is 2.95. The predicted octanol–water partition coefficient (Wildman–Crippen LogP) is 3.01. The molecule has 25 heavy (non-hydrogen) atoms. The van der Waals surface area contributed by atoms with Gasteiger partial charge < -0.3 is 10.1 Å². The fourth-order valence-electron chi connectivity index (χ4n) is 2.34. The van der Waals surface area contributed by atoms with E-state index in [9.17, 15) is 18.4 Å². The number of esters is 1. The molecule has 0 saturated carbocycles. The molecule has 0 spiro atoms. The first kappa shape index (κ1) is 19.3. The maximum absolute atomic E-state index is 13.7. The van der Waals surface area contributed by atoms with Crippen molar-refractivity contribution in [2.75, 3.05) is 7.11 Å². The summed E-state index contributed by atoms with van der Waals surface area (Å²) in [6.07, 6.45) is -0.284. The van der Waals surface area contributed by atoms with Crippen molar-refractivity contribution in [3.8, 4) is 0 Å². The largest absolute Gasteiger partial charge is 0.467 e. The first-order chi connectivity index (χ1) is 11.9. The van der Waals surface area contributed by atoms with E-state index in [0.717, 1.165) is 21.3 Å². The van der Waals surface area contributed by atoms with E-state index in [-0.39, 0.29) is 12.0 Å². The zero-order valence-corrected chi connectivity index (χ0v) is 15.5. The first-order valence-electron chi connectivity index (χ1n) is 7.45. The van der Waals surface area contributed by atoms with Gasteiger partial charge >= 0.3 is 5.97 Å². The second-order valence-corrected chi connectivity index (χ2v) is 6.60. The molecule has 0 saturated heterocycles. The molecule has 2 rings (SSSR count). The molecule has 1 atom stereocenters. The highest BCUT2D eigenvalue weighted by atomic mass is 127. The number of amides is 1. The number of nitrogens with one attached hydrogen (secondary N) is 1. The van der Waals surface area contributed by atoms with Gasteiger partial charge in [0.15, 0.2) is 0 Å². The van der Waals surface area contributed by atoms with Crippen molar-refractivity contribution >= 4 is 34.5 Å². The lowest BCUT2D eigenvalue weighted by Crippen LogP contribution is -2.43. The third-order valence-corrected chi connectivity index (χ3v) is 4.22. The Morgan fingerprint density at radius 2 is 1.80 bits per heavy atom. The van der Waals surface area contributed by atoms with Gasteiger partial charge in [-0.15, -0.1) is 0 Å². The second kappa shape index (κ2) is 8.89. The van der Waals surface area contributed by atoms with Crippen molar-refractivity contribution in [2.24, 2.45) is 0 Å². The van der Waals surface area contributed by atoms with Crippen molar-refractivity contribution in [3.63, 3.8) is 0 Å². The van der Waals surface area contributed by atoms with E-state index in [1.807, 2.05) is 24.3 Å². The van der Waals surface area contributed by atoms with Crippen molar-refractivity contribution in [2.45, 2.75) is 18.9 Å². The van der Waals surface area contributed by atoms with Gasteiger partial charge in [-0.25, -0.2) is 13.6 Å². The summed E-state index contributed by atoms with van der Waals surface area (Å²) in [5, 5.41) is 2.49. The molecule has 0 bridgehead atoms. The van der Waals surface area contributed by atoms with E-state index in [1.54, 1.807) is 0 Å². The monoisotopic (exact) mass is 459 g/mol. The Morgan fingerprint density at radius 1 is 1.16 bits per heavy atom. The molecular formula is C18H16F2INO3. The van der Waals surface area contributed by atoms with Gasteiger partial charge in [0.2, 0.25) is 5.91 Å². The van der Waals surface area contributed by atoms with Crippen LogP contribution < -0.4 is 5.32 Å². The normalized spacial score (nSPS) is 11.7. The van der Waals surface area contributed by atoms with E-state index < -0.39 is 36.0 Å². The lowest BCUT2D eigenvalue weighted by atomic mass is 10.0. The molecule has 2 aromatic rings. The van der Waals surface area contributed by atoms with Crippen molar-refractivity contribution in [1.29, 1.82) is 0 Å². The van der Waals surface area contributed by atoms with Crippen molar-refractivity contribution in [3.05, 3.63) is 68.8 Å². The number of rotatable bonds is 6. The Morgan fingerprint density at radius 3 is 2.40 bits per heavy atom. The fraction of sp³-hybridized carbons (Fsp3) is 0.222. The standard InChI is InChI=1S/C18H16F2INO3/c1-25-18(24)16(9-11-4-2-5-12(21)8-11)22-17(23)10-13-14(19)6-3-7-15(13)20/h2-8,16H,9-10H2,1H3,(H,22,23)/t16-/m1/s1. The molecule has 7 heteroatoms. The van der Waals surface area contributed by atoms with Crippen LogP contribution in [0.25, 0.3) is 0 Å². The van der Waals surface area contributed by atoms with Gasteiger partial charge in [-0.2, -0.15) is 0 Å². The van der Waals surface area contributed by atoms with Crippen LogP contribution in [0.15, 0.2) is 42.5 Å². The lowest BCUT2D eigenvalue weighted by Gasteiger charge is -2.17. The van der Waals surface area contributed by atoms with Crippen LogP contribution in [0.2, 0.25) is 0 Å². The topological polar surface area (TPSA) is 55.4 Å². The Hall–Kier alpha value is -2.03. The summed E-state index contributed by atoms with van der Waals surface area (Å²) in [5.74, 6) is -2.89. The van der Waals surface area contributed by atoms with Gasteiger partial charge in [-0.05, 0) is 52.4 Å². The molecule has 4 nitrogen and oxygen atoms in total. The molecule has 0 fully saturated rings. The van der Waals surface area contributed by atoms with E-state index in [0.29, 0.717) is 0 Å². The zero-order chi connectivity index (χ0) is 18.4. The highest BCUT2D eigenvalue weighted by Gasteiger charge is 2.23. The van der Waals surface area contributed by atoms with Crippen LogP contribution >= 0.6 is 22.6 Å². The molecule has 0 aliphatic carbocycles. The lowest BCUT2D eigenvalue weighted by molar-refractivity contribution is -0.145. The summed E-state index contributed by atoms with van der Waals surface area (Å²) in [6, 6.07) is 9.87. The summed E-state index contributed by atoms with van der Waals surface area (Å²) >= 11 is 2.14. The number of benzene rings is 2. The van der Waals surface area contributed by atoms with Crippen LogP contribution in [0.3, 0.4) is 0 Å². The summed E-state index contributed by atoms with van der Waals surface area (Å²) in [7, 11) is 1.22. The number of methoxy groups -OCH3 is 1. The Balaban J connectivity index is 2.11. The molecule has 132 valence electrons. The maximum atomic E-state index is 13.7. The molecule has 0 heterocycles. The van der Waals surface area contributed by atoms with Crippen LogP contribution in [-0.4, -0.2) is 25.0 Å². The van der Waals surface area contributed by atoms with Gasteiger partial charge in [0, 0.05) is 15.6 Å².